The van der Waals surface area contributed by atoms with Gasteiger partial charge < -0.3 is 4.57 Å². The molecule has 10 aromatic carbocycles. The average Bonchev–Trinajstić information content (AvgIpc) is 3.68. The van der Waals surface area contributed by atoms with Gasteiger partial charge in [0.1, 0.15) is 0 Å². The first-order valence-electron chi connectivity index (χ1n) is 21.0. The first kappa shape index (κ1) is 36.1. The van der Waals surface area contributed by atoms with Crippen LogP contribution < -0.4 is 0 Å². The van der Waals surface area contributed by atoms with Gasteiger partial charge in [0.05, 0.1) is 11.0 Å². The van der Waals surface area contributed by atoms with Gasteiger partial charge in [-0.05, 0) is 114 Å². The Morgan fingerprint density at radius 3 is 0.672 bits per heavy atom. The molecule has 0 aliphatic rings. The second kappa shape index (κ2) is 15.6. The number of fused-ring (bicyclic) bond motifs is 3. The lowest BCUT2D eigenvalue weighted by molar-refractivity contribution is 1.18. The highest BCUT2D eigenvalue weighted by Gasteiger charge is 2.16. The molecule has 286 valence electrons. The molecule has 11 rings (SSSR count). The van der Waals surface area contributed by atoms with Crippen LogP contribution >= 0.6 is 0 Å². The fourth-order valence-corrected chi connectivity index (χ4v) is 8.78. The van der Waals surface area contributed by atoms with Crippen LogP contribution in [0.5, 0.6) is 0 Å². The van der Waals surface area contributed by atoms with Gasteiger partial charge in [0.25, 0.3) is 0 Å². The maximum absolute atomic E-state index is 2.41. The lowest BCUT2D eigenvalue weighted by atomic mass is 9.96. The normalized spacial score (nSPS) is 11.3. The second-order valence-electron chi connectivity index (χ2n) is 15.8. The lowest BCUT2D eigenvalue weighted by Crippen LogP contribution is -1.94. The quantitative estimate of drug-likeness (QED) is 0.145. The molecule has 0 spiro atoms. The minimum atomic E-state index is 1.14. The van der Waals surface area contributed by atoms with E-state index in [1.54, 1.807) is 0 Å². The van der Waals surface area contributed by atoms with E-state index in [1.807, 2.05) is 0 Å². The maximum Gasteiger partial charge on any atom is 0.0541 e. The molecule has 11 aromatic rings. The molecular weight excluding hydrogens is 735 g/mol. The van der Waals surface area contributed by atoms with Crippen molar-refractivity contribution in [3.8, 4) is 83.6 Å². The molecule has 0 aliphatic heterocycles. The Morgan fingerprint density at radius 1 is 0.180 bits per heavy atom. The van der Waals surface area contributed by atoms with Crippen LogP contribution in [-0.2, 0) is 0 Å². The van der Waals surface area contributed by atoms with Crippen molar-refractivity contribution in [2.75, 3.05) is 0 Å². The summed E-state index contributed by atoms with van der Waals surface area (Å²) in [6.07, 6.45) is 0. The monoisotopic (exact) mass is 775 g/mol. The maximum atomic E-state index is 2.41. The molecule has 61 heavy (non-hydrogen) atoms. The minimum Gasteiger partial charge on any atom is -0.309 e. The fraction of sp³-hybridized carbons (Fsp3) is 0. The fourth-order valence-electron chi connectivity index (χ4n) is 8.78. The Hall–Kier alpha value is -8.00. The van der Waals surface area contributed by atoms with E-state index < -0.39 is 0 Å². The Kier molecular flexibility index (Phi) is 9.26. The van der Waals surface area contributed by atoms with Crippen LogP contribution in [0.2, 0.25) is 0 Å². The summed E-state index contributed by atoms with van der Waals surface area (Å²) in [5.41, 5.74) is 20.5. The van der Waals surface area contributed by atoms with E-state index in [4.69, 9.17) is 0 Å². The van der Waals surface area contributed by atoms with Gasteiger partial charge in [-0.1, -0.05) is 212 Å². The van der Waals surface area contributed by atoms with Crippen molar-refractivity contribution in [2.24, 2.45) is 0 Å². The molecule has 1 aromatic heterocycles. The summed E-state index contributed by atoms with van der Waals surface area (Å²) in [5.74, 6) is 0. The van der Waals surface area contributed by atoms with Crippen molar-refractivity contribution in [3.63, 3.8) is 0 Å². The van der Waals surface area contributed by atoms with Crippen molar-refractivity contribution >= 4 is 21.8 Å². The molecule has 0 aliphatic carbocycles. The first-order valence-corrected chi connectivity index (χ1v) is 21.0. The molecule has 0 bridgehead atoms. The lowest BCUT2D eigenvalue weighted by Gasteiger charge is -2.11. The van der Waals surface area contributed by atoms with E-state index in [0.717, 1.165) is 5.69 Å². The highest BCUT2D eigenvalue weighted by Crippen LogP contribution is 2.39. The van der Waals surface area contributed by atoms with E-state index in [9.17, 15) is 0 Å². The standard InChI is InChI=1S/C60H41N/c1-4-10-42(11-5-1)45-16-20-47(21-17-45)49-24-28-52(29-25-49)54-34-38-59-57(40-54)58-41-55(35-39-60(58)61(59)56-36-32-51(33-37-56)44-14-8-3-9-15-44)53-30-26-50(27-31-53)48-22-18-46(19-23-48)43-12-6-2-7-13-43/h1-41H. The van der Waals surface area contributed by atoms with Crippen LogP contribution in [0.3, 0.4) is 0 Å². The predicted molar refractivity (Wildman–Crippen MR) is 259 cm³/mol. The van der Waals surface area contributed by atoms with Crippen LogP contribution in [0.15, 0.2) is 249 Å². The summed E-state index contributed by atoms with van der Waals surface area (Å²) in [5, 5.41) is 2.47. The number of hydrogen-bond donors (Lipinski definition) is 0. The molecule has 0 amide bonds. The highest BCUT2D eigenvalue weighted by atomic mass is 15.0. The summed E-state index contributed by atoms with van der Waals surface area (Å²) < 4.78 is 2.41. The zero-order valence-electron chi connectivity index (χ0n) is 33.6. The van der Waals surface area contributed by atoms with Crippen molar-refractivity contribution in [1.29, 1.82) is 0 Å². The van der Waals surface area contributed by atoms with Gasteiger partial charge in [-0.15, -0.1) is 0 Å². The zero-order valence-corrected chi connectivity index (χ0v) is 33.6. The van der Waals surface area contributed by atoms with Gasteiger partial charge >= 0.3 is 0 Å². The van der Waals surface area contributed by atoms with Crippen LogP contribution in [-0.4, -0.2) is 4.57 Å². The van der Waals surface area contributed by atoms with E-state index in [-0.39, 0.29) is 0 Å². The Labute approximate surface area is 357 Å². The molecule has 1 heteroatoms. The largest absolute Gasteiger partial charge is 0.309 e. The Bertz CT molecular complexity index is 3070. The molecule has 0 radical (unpaired) electrons. The van der Waals surface area contributed by atoms with E-state index in [1.165, 1.54) is 99.7 Å². The number of nitrogens with zero attached hydrogens (tertiary/aromatic N) is 1. The van der Waals surface area contributed by atoms with Gasteiger partial charge in [0.15, 0.2) is 0 Å². The van der Waals surface area contributed by atoms with E-state index in [0.29, 0.717) is 0 Å². The van der Waals surface area contributed by atoms with Crippen LogP contribution in [0.25, 0.3) is 105 Å². The minimum absolute atomic E-state index is 1.14. The number of rotatable bonds is 8. The number of benzene rings is 10. The predicted octanol–water partition coefficient (Wildman–Crippen LogP) is 16.5. The van der Waals surface area contributed by atoms with Gasteiger partial charge in [0, 0.05) is 16.5 Å². The molecule has 0 atom stereocenters. The third-order valence-corrected chi connectivity index (χ3v) is 12.1. The molecule has 1 nitrogen and oxygen atoms in total. The van der Waals surface area contributed by atoms with Gasteiger partial charge in [-0.2, -0.15) is 0 Å². The van der Waals surface area contributed by atoms with Crippen LogP contribution in [0, 0.1) is 0 Å². The first-order chi connectivity index (χ1) is 30.2. The summed E-state index contributed by atoms with van der Waals surface area (Å²) in [4.78, 5) is 0. The summed E-state index contributed by atoms with van der Waals surface area (Å²) in [6.45, 7) is 0. The zero-order chi connectivity index (χ0) is 40.5. The Balaban J connectivity index is 0.951. The molecule has 0 unspecified atom stereocenters. The van der Waals surface area contributed by atoms with Crippen LogP contribution in [0.1, 0.15) is 0 Å². The van der Waals surface area contributed by atoms with Crippen molar-refractivity contribution in [2.45, 2.75) is 0 Å². The van der Waals surface area contributed by atoms with Crippen molar-refractivity contribution < 1.29 is 0 Å². The summed E-state index contributed by atoms with van der Waals surface area (Å²) >= 11 is 0. The van der Waals surface area contributed by atoms with Crippen molar-refractivity contribution in [3.05, 3.63) is 249 Å². The van der Waals surface area contributed by atoms with Crippen molar-refractivity contribution in [1.82, 2.24) is 4.57 Å². The van der Waals surface area contributed by atoms with Crippen LogP contribution in [0.4, 0.5) is 0 Å². The van der Waals surface area contributed by atoms with Gasteiger partial charge in [0.2, 0.25) is 0 Å². The summed E-state index contributed by atoms with van der Waals surface area (Å²) in [7, 11) is 0. The van der Waals surface area contributed by atoms with E-state index in [2.05, 4.69) is 253 Å². The van der Waals surface area contributed by atoms with Gasteiger partial charge in [-0.25, -0.2) is 0 Å². The molecule has 0 fully saturated rings. The molecule has 0 N–H and O–H groups in total. The Morgan fingerprint density at radius 2 is 0.393 bits per heavy atom. The second-order valence-corrected chi connectivity index (χ2v) is 15.8. The highest BCUT2D eigenvalue weighted by molar-refractivity contribution is 6.11. The summed E-state index contributed by atoms with van der Waals surface area (Å²) in [6, 6.07) is 90.3. The molecule has 0 saturated carbocycles. The SMILES string of the molecule is c1ccc(-c2ccc(-c3ccc(-c4ccc5c(c4)c4cc(-c6ccc(-c7ccc(-c8ccccc8)cc7)cc6)ccc4n5-c4ccc(-c5ccccc5)cc4)cc3)cc2)cc1. The average molecular weight is 776 g/mol. The smallest absolute Gasteiger partial charge is 0.0541 e. The molecule has 1 heterocycles. The topological polar surface area (TPSA) is 4.93 Å². The van der Waals surface area contributed by atoms with Gasteiger partial charge in [-0.3, -0.25) is 0 Å². The third-order valence-electron chi connectivity index (χ3n) is 12.1. The third kappa shape index (κ3) is 7.03. The molecular formula is C60H41N. The number of hydrogen-bond acceptors (Lipinski definition) is 0. The molecule has 0 saturated heterocycles. The number of aromatic nitrogens is 1. The van der Waals surface area contributed by atoms with E-state index >= 15 is 0 Å².